The van der Waals surface area contributed by atoms with Crippen LogP contribution in [0.15, 0.2) is 33.8 Å². The van der Waals surface area contributed by atoms with Crippen LogP contribution in [0.5, 0.6) is 5.75 Å². The molecule has 1 aromatic heterocycles. The standard InChI is InChI=1S/C16H20BrN5O4S/c1-9(23)10-4-5-19-15-12(17)7-20-16(22-15)21-11-2-3-14(27(18,24)25)13(6-11)26-8-10/h2-3,6-7,9-10,23H,4-5,8H2,1H3,(H2,18,24,25)(H2,19,20,21,22). The summed E-state index contributed by atoms with van der Waals surface area (Å²) in [6.45, 7) is 2.34. The van der Waals surface area contributed by atoms with Gasteiger partial charge in [-0.3, -0.25) is 0 Å². The highest BCUT2D eigenvalue weighted by Crippen LogP contribution is 2.30. The van der Waals surface area contributed by atoms with Gasteiger partial charge in [-0.2, -0.15) is 4.98 Å². The van der Waals surface area contributed by atoms with Gasteiger partial charge < -0.3 is 20.5 Å². The molecule has 0 fully saturated rings. The molecule has 0 aliphatic carbocycles. The van der Waals surface area contributed by atoms with E-state index in [2.05, 4.69) is 36.5 Å². The number of nitrogens with one attached hydrogen (secondary N) is 2. The molecule has 146 valence electrons. The van der Waals surface area contributed by atoms with Gasteiger partial charge in [0.15, 0.2) is 0 Å². The number of fused-ring (bicyclic) bond motifs is 4. The van der Waals surface area contributed by atoms with Gasteiger partial charge in [0, 0.05) is 30.4 Å². The second-order valence-electron chi connectivity index (χ2n) is 6.25. The zero-order valence-corrected chi connectivity index (χ0v) is 16.9. The number of hydrogen-bond acceptors (Lipinski definition) is 8. The highest BCUT2D eigenvalue weighted by Gasteiger charge is 2.21. The van der Waals surface area contributed by atoms with E-state index < -0.39 is 16.1 Å². The third-order valence-electron chi connectivity index (χ3n) is 4.19. The molecule has 27 heavy (non-hydrogen) atoms. The Bertz CT molecular complexity index is 938. The summed E-state index contributed by atoms with van der Waals surface area (Å²) in [5.74, 6) is 0.834. The van der Waals surface area contributed by atoms with Crippen molar-refractivity contribution in [3.05, 3.63) is 28.9 Å². The van der Waals surface area contributed by atoms with E-state index in [-0.39, 0.29) is 23.2 Å². The number of aliphatic hydroxyl groups excluding tert-OH is 1. The number of aromatic nitrogens is 2. The first kappa shape index (κ1) is 19.8. The van der Waals surface area contributed by atoms with E-state index in [1.807, 2.05) is 0 Å². The van der Waals surface area contributed by atoms with Gasteiger partial charge in [-0.05, 0) is 41.4 Å². The van der Waals surface area contributed by atoms with Crippen LogP contribution in [0.4, 0.5) is 17.5 Å². The quantitative estimate of drug-likeness (QED) is 0.535. The van der Waals surface area contributed by atoms with E-state index in [1.54, 1.807) is 19.2 Å². The summed E-state index contributed by atoms with van der Waals surface area (Å²) in [7, 11) is -3.96. The van der Waals surface area contributed by atoms with Crippen molar-refractivity contribution >= 4 is 43.4 Å². The minimum atomic E-state index is -3.96. The van der Waals surface area contributed by atoms with Crippen molar-refractivity contribution < 1.29 is 18.3 Å². The molecule has 1 aliphatic rings. The Kier molecular flexibility index (Phi) is 5.84. The van der Waals surface area contributed by atoms with Crippen molar-refractivity contribution in [2.24, 2.45) is 11.1 Å². The number of anilines is 3. The van der Waals surface area contributed by atoms with Crippen LogP contribution in [-0.4, -0.2) is 42.7 Å². The van der Waals surface area contributed by atoms with Crippen LogP contribution in [-0.2, 0) is 10.0 Å². The van der Waals surface area contributed by atoms with E-state index in [1.165, 1.54) is 12.1 Å². The Hall–Kier alpha value is -1.95. The molecule has 1 aliphatic heterocycles. The zero-order chi connectivity index (χ0) is 19.6. The normalized spacial score (nSPS) is 18.6. The lowest BCUT2D eigenvalue weighted by molar-refractivity contribution is 0.0848. The molecular weight excluding hydrogens is 438 g/mol. The molecule has 0 radical (unpaired) electrons. The molecule has 0 amide bonds. The summed E-state index contributed by atoms with van der Waals surface area (Å²) in [6, 6.07) is 4.44. The number of halogens is 1. The molecule has 5 N–H and O–H groups in total. The van der Waals surface area contributed by atoms with E-state index in [0.29, 0.717) is 34.9 Å². The Labute approximate surface area is 165 Å². The summed E-state index contributed by atoms with van der Waals surface area (Å²) in [5, 5.41) is 21.5. The molecule has 9 nitrogen and oxygen atoms in total. The fraction of sp³-hybridized carbons (Fsp3) is 0.375. The molecular formula is C16H20BrN5O4S. The smallest absolute Gasteiger partial charge is 0.241 e. The summed E-state index contributed by atoms with van der Waals surface area (Å²) in [6.07, 6.45) is 1.56. The van der Waals surface area contributed by atoms with Gasteiger partial charge in [-0.1, -0.05) is 0 Å². The van der Waals surface area contributed by atoms with Crippen LogP contribution in [0.1, 0.15) is 13.3 Å². The molecule has 3 rings (SSSR count). The topological polar surface area (TPSA) is 139 Å². The third-order valence-corrected chi connectivity index (χ3v) is 5.72. The van der Waals surface area contributed by atoms with Gasteiger partial charge in [0.2, 0.25) is 16.0 Å². The van der Waals surface area contributed by atoms with Crippen molar-refractivity contribution in [2.45, 2.75) is 24.3 Å². The van der Waals surface area contributed by atoms with Gasteiger partial charge >= 0.3 is 0 Å². The number of rotatable bonds is 2. The fourth-order valence-corrected chi connectivity index (χ4v) is 3.64. The maximum Gasteiger partial charge on any atom is 0.241 e. The van der Waals surface area contributed by atoms with Crippen LogP contribution >= 0.6 is 15.9 Å². The molecule has 2 aromatic rings. The third kappa shape index (κ3) is 4.86. The van der Waals surface area contributed by atoms with Crippen LogP contribution in [0.25, 0.3) is 0 Å². The minimum absolute atomic E-state index is 0.109. The van der Waals surface area contributed by atoms with Crippen LogP contribution in [0.2, 0.25) is 0 Å². The summed E-state index contributed by atoms with van der Waals surface area (Å²) in [5.41, 5.74) is 0.540. The van der Waals surface area contributed by atoms with E-state index in [0.717, 1.165) is 0 Å². The highest BCUT2D eigenvalue weighted by atomic mass is 79.9. The molecule has 0 saturated carbocycles. The maximum atomic E-state index is 11.9. The van der Waals surface area contributed by atoms with Gasteiger partial charge in [0.05, 0.1) is 17.2 Å². The van der Waals surface area contributed by atoms with Crippen molar-refractivity contribution in [1.29, 1.82) is 0 Å². The Morgan fingerprint density at radius 2 is 2.22 bits per heavy atom. The van der Waals surface area contributed by atoms with Gasteiger partial charge in [-0.15, -0.1) is 0 Å². The average Bonchev–Trinajstić information content (AvgIpc) is 2.59. The molecule has 0 saturated heterocycles. The van der Waals surface area contributed by atoms with E-state index in [4.69, 9.17) is 9.88 Å². The number of nitrogens with two attached hydrogens (primary N) is 1. The number of primary sulfonamides is 1. The second-order valence-corrected chi connectivity index (χ2v) is 8.63. The van der Waals surface area contributed by atoms with Gasteiger partial charge in [0.25, 0.3) is 0 Å². The number of sulfonamides is 1. The summed E-state index contributed by atoms with van der Waals surface area (Å²) in [4.78, 5) is 8.48. The number of nitrogens with zero attached hydrogens (tertiary/aromatic N) is 2. The van der Waals surface area contributed by atoms with Crippen molar-refractivity contribution in [3.63, 3.8) is 0 Å². The monoisotopic (exact) mass is 457 g/mol. The average molecular weight is 458 g/mol. The predicted molar refractivity (Wildman–Crippen MR) is 105 cm³/mol. The highest BCUT2D eigenvalue weighted by molar-refractivity contribution is 9.10. The van der Waals surface area contributed by atoms with Crippen molar-refractivity contribution in [2.75, 3.05) is 23.8 Å². The molecule has 2 unspecified atom stereocenters. The first-order chi connectivity index (χ1) is 12.7. The minimum Gasteiger partial charge on any atom is -0.492 e. The predicted octanol–water partition coefficient (Wildman–Crippen LogP) is 1.82. The zero-order valence-electron chi connectivity index (χ0n) is 14.5. The number of aliphatic hydroxyl groups is 1. The fourth-order valence-electron chi connectivity index (χ4n) is 2.65. The van der Waals surface area contributed by atoms with Crippen molar-refractivity contribution in [3.8, 4) is 5.75 Å². The lowest BCUT2D eigenvalue weighted by atomic mass is 10.0. The molecule has 2 atom stereocenters. The number of hydrogen-bond donors (Lipinski definition) is 4. The Morgan fingerprint density at radius 3 is 2.93 bits per heavy atom. The Balaban J connectivity index is 2.05. The number of benzene rings is 1. The molecule has 4 bridgehead atoms. The summed E-state index contributed by atoms with van der Waals surface area (Å²) < 4.78 is 30.2. The van der Waals surface area contributed by atoms with E-state index >= 15 is 0 Å². The van der Waals surface area contributed by atoms with Gasteiger partial charge in [-0.25, -0.2) is 18.5 Å². The first-order valence-corrected chi connectivity index (χ1v) is 10.6. The molecule has 2 heterocycles. The number of ether oxygens (including phenoxy) is 1. The summed E-state index contributed by atoms with van der Waals surface area (Å²) >= 11 is 3.40. The SMILES string of the molecule is CC(O)C1CCNc2nc(ncc2Br)Nc2ccc(S(N)(=O)=O)c(c2)OC1. The lowest BCUT2D eigenvalue weighted by Crippen LogP contribution is -2.27. The first-order valence-electron chi connectivity index (χ1n) is 8.25. The largest absolute Gasteiger partial charge is 0.492 e. The van der Waals surface area contributed by atoms with Crippen LogP contribution < -0.4 is 20.5 Å². The molecule has 1 aromatic carbocycles. The van der Waals surface area contributed by atoms with E-state index in [9.17, 15) is 13.5 Å². The van der Waals surface area contributed by atoms with Crippen molar-refractivity contribution in [1.82, 2.24) is 9.97 Å². The maximum absolute atomic E-state index is 11.9. The van der Waals surface area contributed by atoms with Gasteiger partial charge in [0.1, 0.15) is 16.5 Å². The van der Waals surface area contributed by atoms with Crippen LogP contribution in [0, 0.1) is 5.92 Å². The molecule has 0 spiro atoms. The molecule has 11 heteroatoms. The van der Waals surface area contributed by atoms with Crippen LogP contribution in [0.3, 0.4) is 0 Å². The Morgan fingerprint density at radius 1 is 1.44 bits per heavy atom. The second kappa shape index (κ2) is 7.97. The lowest BCUT2D eigenvalue weighted by Gasteiger charge is -2.21.